The molecule has 0 bridgehead atoms. The molecule has 1 saturated carbocycles. The normalized spacial score (nSPS) is 13.5. The molecule has 1 aliphatic rings. The number of nitrogen functional groups attached to an aromatic ring is 1. The molecule has 0 radical (unpaired) electrons. The van der Waals surface area contributed by atoms with Gasteiger partial charge in [-0.15, -0.1) is 0 Å². The number of nitrogens with two attached hydrogens (primary N) is 2. The van der Waals surface area contributed by atoms with Crippen LogP contribution in [-0.2, 0) is 16.2 Å². The van der Waals surface area contributed by atoms with Crippen molar-refractivity contribution in [1.82, 2.24) is 4.98 Å². The number of para-hydroxylation sites is 1. The molecular formula is C26H31F5N4O3S. The number of amides is 1. The first kappa shape index (κ1) is 31.7. The second-order valence-corrected chi connectivity index (χ2v) is 10.6. The van der Waals surface area contributed by atoms with Crippen LogP contribution in [-0.4, -0.2) is 25.1 Å². The Labute approximate surface area is 223 Å². The lowest BCUT2D eigenvalue weighted by atomic mass is 10.0. The maximum absolute atomic E-state index is 13.7. The average Bonchev–Trinajstić information content (AvgIpc) is 2.87. The zero-order valence-electron chi connectivity index (χ0n) is 21.3. The number of nitrogens with one attached hydrogen (secondary N) is 1. The van der Waals surface area contributed by atoms with E-state index in [1.807, 2.05) is 4.72 Å². The van der Waals surface area contributed by atoms with E-state index in [0.29, 0.717) is 11.8 Å². The molecule has 1 aromatic heterocycles. The van der Waals surface area contributed by atoms with Gasteiger partial charge in [0.25, 0.3) is 5.91 Å². The minimum atomic E-state index is -4.46. The van der Waals surface area contributed by atoms with Crippen LogP contribution >= 0.6 is 0 Å². The maximum atomic E-state index is 13.7. The zero-order chi connectivity index (χ0) is 29.2. The van der Waals surface area contributed by atoms with Crippen molar-refractivity contribution in [2.75, 3.05) is 16.2 Å². The molecule has 0 aliphatic heterocycles. The van der Waals surface area contributed by atoms with Gasteiger partial charge in [0.2, 0.25) is 10.0 Å². The summed E-state index contributed by atoms with van der Waals surface area (Å²) in [6, 6.07) is 8.97. The van der Waals surface area contributed by atoms with E-state index in [1.165, 1.54) is 44.6 Å². The number of carbonyl (C=O) groups is 1. The van der Waals surface area contributed by atoms with E-state index in [1.54, 1.807) is 25.1 Å². The smallest absolute Gasteiger partial charge is 0.398 e. The van der Waals surface area contributed by atoms with Gasteiger partial charge in [-0.3, -0.25) is 9.52 Å². The highest BCUT2D eigenvalue weighted by molar-refractivity contribution is 7.92. The fourth-order valence-corrected chi connectivity index (χ4v) is 4.88. The number of benzene rings is 2. The molecule has 13 heteroatoms. The van der Waals surface area contributed by atoms with E-state index in [0.717, 1.165) is 18.2 Å². The van der Waals surface area contributed by atoms with Crippen LogP contribution in [0, 0.1) is 11.6 Å². The number of carbonyl (C=O) groups excluding carboxylic acids is 1. The molecule has 1 aliphatic carbocycles. The number of primary amides is 1. The minimum absolute atomic E-state index is 0.0907. The molecule has 0 saturated heterocycles. The molecule has 4 rings (SSSR count). The highest BCUT2D eigenvalue weighted by Gasteiger charge is 2.33. The van der Waals surface area contributed by atoms with Gasteiger partial charge in [-0.2, -0.15) is 13.2 Å². The third kappa shape index (κ3) is 9.65. The Kier molecular flexibility index (Phi) is 11.4. The van der Waals surface area contributed by atoms with Crippen LogP contribution in [0.3, 0.4) is 0 Å². The molecule has 1 amide bonds. The average molecular weight is 575 g/mol. The molecule has 7 nitrogen and oxygen atoms in total. The number of nitrogens with zero attached hydrogens (tertiary/aromatic N) is 1. The molecule has 0 spiro atoms. The van der Waals surface area contributed by atoms with Gasteiger partial charge in [0.1, 0.15) is 17.1 Å². The summed E-state index contributed by atoms with van der Waals surface area (Å²) in [5.41, 5.74) is 8.24. The zero-order valence-corrected chi connectivity index (χ0v) is 22.1. The van der Waals surface area contributed by atoms with Crippen molar-refractivity contribution in [2.45, 2.75) is 58.0 Å². The number of anilines is 2. The maximum Gasteiger partial charge on any atom is 0.433 e. The summed E-state index contributed by atoms with van der Waals surface area (Å²) < 4.78 is 88.8. The van der Waals surface area contributed by atoms with E-state index in [4.69, 9.17) is 11.5 Å². The number of aromatic nitrogens is 1. The van der Waals surface area contributed by atoms with Gasteiger partial charge in [-0.05, 0) is 30.7 Å². The summed E-state index contributed by atoms with van der Waals surface area (Å²) in [6.07, 6.45) is 4.87. The van der Waals surface area contributed by atoms with Crippen molar-refractivity contribution in [1.29, 1.82) is 0 Å². The topological polar surface area (TPSA) is 128 Å². The van der Waals surface area contributed by atoms with Crippen molar-refractivity contribution < 1.29 is 35.2 Å². The van der Waals surface area contributed by atoms with E-state index in [9.17, 15) is 35.2 Å². The first-order valence-electron chi connectivity index (χ1n) is 12.3. The van der Waals surface area contributed by atoms with Crippen molar-refractivity contribution in [3.8, 4) is 0 Å². The SMILES string of the molecule is C1CCCCC1.CCCS(=O)(=O)Nc1ccc(F)c(C(N)=O)c1F.Nc1cc(C(F)(F)F)nc2ccccc12. The summed E-state index contributed by atoms with van der Waals surface area (Å²) in [4.78, 5) is 14.4. The van der Waals surface area contributed by atoms with Crippen LogP contribution in [0.25, 0.3) is 10.9 Å². The van der Waals surface area contributed by atoms with Crippen LogP contribution in [0.4, 0.5) is 33.3 Å². The van der Waals surface area contributed by atoms with Crippen molar-refractivity contribution in [3.63, 3.8) is 0 Å². The largest absolute Gasteiger partial charge is 0.433 e. The van der Waals surface area contributed by atoms with Gasteiger partial charge in [-0.25, -0.2) is 22.2 Å². The predicted molar refractivity (Wildman–Crippen MR) is 141 cm³/mol. The Balaban J connectivity index is 0.000000227. The first-order valence-corrected chi connectivity index (χ1v) is 13.9. The summed E-state index contributed by atoms with van der Waals surface area (Å²) in [5, 5.41) is 0.533. The molecule has 0 atom stereocenters. The molecule has 5 N–H and O–H groups in total. The Morgan fingerprint density at radius 2 is 1.56 bits per heavy atom. The van der Waals surface area contributed by atoms with Crippen LogP contribution in [0.2, 0.25) is 0 Å². The van der Waals surface area contributed by atoms with Gasteiger partial charge in [0.15, 0.2) is 5.82 Å². The Morgan fingerprint density at radius 1 is 1.00 bits per heavy atom. The summed E-state index contributed by atoms with van der Waals surface area (Å²) in [7, 11) is -3.73. The van der Waals surface area contributed by atoms with Gasteiger partial charge in [0, 0.05) is 11.1 Å². The number of sulfonamides is 1. The van der Waals surface area contributed by atoms with Gasteiger partial charge >= 0.3 is 6.18 Å². The number of hydrogen-bond donors (Lipinski definition) is 3. The Hall–Kier alpha value is -3.48. The van der Waals surface area contributed by atoms with Crippen LogP contribution in [0.15, 0.2) is 42.5 Å². The quantitative estimate of drug-likeness (QED) is 0.304. The Morgan fingerprint density at radius 3 is 2.08 bits per heavy atom. The number of alkyl halides is 3. The minimum Gasteiger partial charge on any atom is -0.398 e. The Bertz CT molecular complexity index is 1370. The molecule has 2 aromatic carbocycles. The van der Waals surface area contributed by atoms with E-state index >= 15 is 0 Å². The van der Waals surface area contributed by atoms with Gasteiger partial charge < -0.3 is 11.5 Å². The standard InChI is InChI=1S/C10H7F3N2.C10H12F2N2O3S.C6H12/c11-10(12,13)9-5-7(14)6-3-1-2-4-8(6)15-9;1-2-5-18(16,17)14-7-4-3-6(11)8(9(7)12)10(13)15;1-2-4-6-5-3-1/h1-5H,(H2,14,15);3-4,14H,2,5H2,1H3,(H2,13,15);1-6H2. The number of pyridine rings is 1. The highest BCUT2D eigenvalue weighted by atomic mass is 32.2. The lowest BCUT2D eigenvalue weighted by molar-refractivity contribution is -0.140. The lowest BCUT2D eigenvalue weighted by Gasteiger charge is -2.10. The number of fused-ring (bicyclic) bond motifs is 1. The molecule has 39 heavy (non-hydrogen) atoms. The van der Waals surface area contributed by atoms with E-state index in [2.05, 4.69) is 4.98 Å². The number of hydrogen-bond acceptors (Lipinski definition) is 5. The van der Waals surface area contributed by atoms with Gasteiger partial charge in [-0.1, -0.05) is 63.6 Å². The molecular weight excluding hydrogens is 543 g/mol. The molecule has 0 unspecified atom stereocenters. The molecule has 1 heterocycles. The fraction of sp³-hybridized carbons (Fsp3) is 0.385. The van der Waals surface area contributed by atoms with Crippen molar-refractivity contribution >= 4 is 38.2 Å². The predicted octanol–water partition coefficient (Wildman–Crippen LogP) is 6.39. The number of halogens is 5. The number of rotatable bonds is 5. The van der Waals surface area contributed by atoms with E-state index < -0.39 is 50.7 Å². The first-order chi connectivity index (χ1) is 18.3. The monoisotopic (exact) mass is 574 g/mol. The molecule has 214 valence electrons. The summed E-state index contributed by atoms with van der Waals surface area (Å²) in [5.74, 6) is -3.97. The second kappa shape index (κ2) is 14.1. The van der Waals surface area contributed by atoms with Crippen molar-refractivity contribution in [3.05, 3.63) is 65.4 Å². The lowest BCUT2D eigenvalue weighted by Crippen LogP contribution is -2.20. The third-order valence-corrected chi connectivity index (χ3v) is 7.09. The fourth-order valence-electron chi connectivity index (χ4n) is 3.75. The van der Waals surface area contributed by atoms with Gasteiger partial charge in [0.05, 0.1) is 17.0 Å². The molecule has 1 fully saturated rings. The van der Waals surface area contributed by atoms with Crippen molar-refractivity contribution in [2.24, 2.45) is 5.73 Å². The van der Waals surface area contributed by atoms with Crippen LogP contribution in [0.1, 0.15) is 67.9 Å². The highest BCUT2D eigenvalue weighted by Crippen LogP contribution is 2.31. The third-order valence-electron chi connectivity index (χ3n) is 5.61. The van der Waals surface area contributed by atoms with E-state index in [-0.39, 0.29) is 17.0 Å². The molecule has 3 aromatic rings. The van der Waals surface area contributed by atoms with Crippen LogP contribution in [0.5, 0.6) is 0 Å². The second-order valence-electron chi connectivity index (χ2n) is 8.80. The summed E-state index contributed by atoms with van der Waals surface area (Å²) in [6.45, 7) is 1.63. The van der Waals surface area contributed by atoms with Crippen LogP contribution < -0.4 is 16.2 Å². The summed E-state index contributed by atoms with van der Waals surface area (Å²) >= 11 is 0.